The van der Waals surface area contributed by atoms with Crippen LogP contribution in [-0.2, 0) is 10.2 Å². The Labute approximate surface area is 157 Å². The van der Waals surface area contributed by atoms with Gasteiger partial charge in [0.1, 0.15) is 5.82 Å². The zero-order valence-corrected chi connectivity index (χ0v) is 15.5. The smallest absolute Gasteiger partial charge is 0.162 e. The summed E-state index contributed by atoms with van der Waals surface area (Å²) in [5.74, 6) is 1.03. The first-order chi connectivity index (χ1) is 12.6. The zero-order chi connectivity index (χ0) is 18.4. The highest BCUT2D eigenvalue weighted by Crippen LogP contribution is 2.57. The number of aliphatic imine (C=N–C) groups is 1. The van der Waals surface area contributed by atoms with Crippen LogP contribution < -0.4 is 5.32 Å². The second-order valence-corrected chi connectivity index (χ2v) is 7.86. The fourth-order valence-corrected chi connectivity index (χ4v) is 5.29. The maximum Gasteiger partial charge on any atom is 0.162 e. The highest BCUT2D eigenvalue weighted by molar-refractivity contribution is 6.01. The molecule has 1 aromatic rings. The third kappa shape index (κ3) is 2.19. The van der Waals surface area contributed by atoms with Gasteiger partial charge in [-0.2, -0.15) is 0 Å². The van der Waals surface area contributed by atoms with E-state index in [1.54, 1.807) is 0 Å². The van der Waals surface area contributed by atoms with Crippen LogP contribution in [0, 0.1) is 5.41 Å². The third-order valence-corrected chi connectivity index (χ3v) is 6.65. The molecule has 0 saturated heterocycles. The number of nitrogens with one attached hydrogen (secondary N) is 1. The number of allylic oxidation sites excluding steroid dienone is 4. The number of carbonyl (C=O) groups excluding carboxylic acids is 1. The summed E-state index contributed by atoms with van der Waals surface area (Å²) >= 11 is 0. The SMILES string of the molecule is C=CC1=C(N=C)NC2=C(C(=O)CC3(CCC3)C2)[C@@]1(CC)c1ccccc1.[HH]. The molecular formula is C23H28N2O. The van der Waals surface area contributed by atoms with Crippen molar-refractivity contribution >= 4 is 12.5 Å². The van der Waals surface area contributed by atoms with Gasteiger partial charge < -0.3 is 5.32 Å². The second-order valence-electron chi connectivity index (χ2n) is 7.86. The van der Waals surface area contributed by atoms with Gasteiger partial charge in [0.2, 0.25) is 0 Å². The van der Waals surface area contributed by atoms with Crippen molar-refractivity contribution in [3.63, 3.8) is 0 Å². The van der Waals surface area contributed by atoms with Crippen molar-refractivity contribution in [2.75, 3.05) is 0 Å². The molecule has 1 aliphatic heterocycles. The Morgan fingerprint density at radius 3 is 2.54 bits per heavy atom. The number of benzene rings is 1. The van der Waals surface area contributed by atoms with E-state index in [2.05, 4.69) is 42.7 Å². The van der Waals surface area contributed by atoms with Gasteiger partial charge in [-0.25, -0.2) is 4.99 Å². The minimum atomic E-state index is -0.497. The Kier molecular flexibility index (Phi) is 3.98. The van der Waals surface area contributed by atoms with Crippen molar-refractivity contribution in [1.29, 1.82) is 0 Å². The number of rotatable bonds is 4. The highest BCUT2D eigenvalue weighted by Gasteiger charge is 2.52. The van der Waals surface area contributed by atoms with E-state index < -0.39 is 5.41 Å². The fraction of sp³-hybridized carbons (Fsp3) is 0.391. The van der Waals surface area contributed by atoms with E-state index in [0.29, 0.717) is 6.42 Å². The van der Waals surface area contributed by atoms with Gasteiger partial charge in [-0.3, -0.25) is 4.79 Å². The van der Waals surface area contributed by atoms with E-state index in [0.717, 1.165) is 53.9 Å². The van der Waals surface area contributed by atoms with Crippen LogP contribution in [-0.4, -0.2) is 12.5 Å². The van der Waals surface area contributed by atoms with Crippen LogP contribution in [0.3, 0.4) is 0 Å². The highest BCUT2D eigenvalue weighted by atomic mass is 16.1. The molecule has 1 spiro atoms. The van der Waals surface area contributed by atoms with Gasteiger partial charge in [0, 0.05) is 24.7 Å². The van der Waals surface area contributed by atoms with Crippen molar-refractivity contribution in [2.45, 2.75) is 50.9 Å². The lowest BCUT2D eigenvalue weighted by Gasteiger charge is -2.51. The normalized spacial score (nSPS) is 26.9. The van der Waals surface area contributed by atoms with Crippen LogP contribution in [0.15, 0.2) is 70.6 Å². The van der Waals surface area contributed by atoms with E-state index in [-0.39, 0.29) is 12.6 Å². The number of hydrogen-bond acceptors (Lipinski definition) is 3. The number of dihydropyridines is 1. The molecule has 0 amide bonds. The predicted octanol–water partition coefficient (Wildman–Crippen LogP) is 5.07. The first kappa shape index (κ1) is 17.0. The Morgan fingerprint density at radius 2 is 2.00 bits per heavy atom. The lowest BCUT2D eigenvalue weighted by molar-refractivity contribution is -0.121. The zero-order valence-electron chi connectivity index (χ0n) is 15.5. The quantitative estimate of drug-likeness (QED) is 0.772. The summed E-state index contributed by atoms with van der Waals surface area (Å²) in [6.45, 7) is 9.97. The van der Waals surface area contributed by atoms with Gasteiger partial charge in [0.15, 0.2) is 5.78 Å². The van der Waals surface area contributed by atoms with E-state index in [1.165, 1.54) is 6.42 Å². The van der Waals surface area contributed by atoms with Crippen molar-refractivity contribution in [3.05, 3.63) is 71.2 Å². The summed E-state index contributed by atoms with van der Waals surface area (Å²) in [4.78, 5) is 17.7. The minimum Gasteiger partial charge on any atom is -0.343 e. The predicted molar refractivity (Wildman–Crippen MR) is 108 cm³/mol. The van der Waals surface area contributed by atoms with Gasteiger partial charge >= 0.3 is 0 Å². The molecule has 0 bridgehead atoms. The summed E-state index contributed by atoms with van der Waals surface area (Å²) in [6.07, 6.45) is 7.77. The number of Topliss-reactive ketones (excluding diaryl/α,β-unsaturated/α-hetero) is 1. The number of ketones is 1. The molecular weight excluding hydrogens is 320 g/mol. The van der Waals surface area contributed by atoms with Gasteiger partial charge in [0.25, 0.3) is 0 Å². The molecule has 4 rings (SSSR count). The van der Waals surface area contributed by atoms with E-state index in [9.17, 15) is 4.79 Å². The van der Waals surface area contributed by atoms with Crippen LogP contribution in [0.5, 0.6) is 0 Å². The third-order valence-electron chi connectivity index (χ3n) is 6.65. The average Bonchev–Trinajstić information content (AvgIpc) is 2.65. The summed E-state index contributed by atoms with van der Waals surface area (Å²) in [5, 5.41) is 3.46. The Morgan fingerprint density at radius 1 is 1.27 bits per heavy atom. The summed E-state index contributed by atoms with van der Waals surface area (Å²) in [6, 6.07) is 10.3. The molecule has 2 aliphatic carbocycles. The first-order valence-corrected chi connectivity index (χ1v) is 9.53. The van der Waals surface area contributed by atoms with Crippen LogP contribution in [0.25, 0.3) is 0 Å². The van der Waals surface area contributed by atoms with Crippen LogP contribution in [0.2, 0.25) is 0 Å². The monoisotopic (exact) mass is 348 g/mol. The summed E-state index contributed by atoms with van der Waals surface area (Å²) in [5.41, 5.74) is 3.73. The van der Waals surface area contributed by atoms with Crippen LogP contribution in [0.1, 0.15) is 52.4 Å². The van der Waals surface area contributed by atoms with E-state index in [1.807, 2.05) is 24.3 Å². The van der Waals surface area contributed by atoms with Gasteiger partial charge in [-0.1, -0.05) is 56.3 Å². The number of nitrogens with zero attached hydrogens (tertiary/aromatic N) is 1. The second kappa shape index (κ2) is 6.08. The topological polar surface area (TPSA) is 41.5 Å². The summed E-state index contributed by atoms with van der Waals surface area (Å²) in [7, 11) is 0. The standard InChI is InChI=1S/C23H26N2O.H2/c1-4-17-21(24-3)25-18-14-22(12-9-13-22)15-19(26)20(18)23(17,5-2)16-10-7-6-8-11-16;/h4,6-8,10-11,25H,1,3,5,9,12-15H2,2H3;1H/t23-;/m0./s1. The Hall–Kier alpha value is -2.42. The van der Waals surface area contributed by atoms with Crippen LogP contribution >= 0.6 is 0 Å². The van der Waals surface area contributed by atoms with Crippen molar-refractivity contribution in [2.24, 2.45) is 10.4 Å². The maximum absolute atomic E-state index is 13.4. The lowest BCUT2D eigenvalue weighted by atomic mass is 9.54. The first-order valence-electron chi connectivity index (χ1n) is 9.53. The molecule has 0 radical (unpaired) electrons. The maximum atomic E-state index is 13.4. The minimum absolute atomic E-state index is 0. The van der Waals surface area contributed by atoms with Crippen molar-refractivity contribution < 1.29 is 6.22 Å². The molecule has 3 heteroatoms. The van der Waals surface area contributed by atoms with E-state index in [4.69, 9.17) is 0 Å². The molecule has 1 saturated carbocycles. The van der Waals surface area contributed by atoms with Gasteiger partial charge in [-0.05, 0) is 43.4 Å². The summed E-state index contributed by atoms with van der Waals surface area (Å²) < 4.78 is 0. The number of hydrogen-bond donors (Lipinski definition) is 1. The molecule has 136 valence electrons. The molecule has 3 nitrogen and oxygen atoms in total. The van der Waals surface area contributed by atoms with Gasteiger partial charge in [-0.15, -0.1) is 0 Å². The van der Waals surface area contributed by atoms with Crippen molar-refractivity contribution in [3.8, 4) is 0 Å². The molecule has 1 aromatic carbocycles. The fourth-order valence-electron chi connectivity index (χ4n) is 5.29. The molecule has 1 fully saturated rings. The molecule has 26 heavy (non-hydrogen) atoms. The Balaban J connectivity index is 0.00000210. The Bertz CT molecular complexity index is 848. The molecule has 1 N–H and O–H groups in total. The molecule has 1 atom stereocenters. The molecule has 3 aliphatic rings. The van der Waals surface area contributed by atoms with Crippen molar-refractivity contribution in [1.82, 2.24) is 5.32 Å². The molecule has 1 heterocycles. The lowest BCUT2D eigenvalue weighted by Crippen LogP contribution is -2.48. The largest absolute Gasteiger partial charge is 0.343 e. The van der Waals surface area contributed by atoms with E-state index >= 15 is 0 Å². The van der Waals surface area contributed by atoms with Gasteiger partial charge in [0.05, 0.1) is 5.41 Å². The average molecular weight is 348 g/mol. The molecule has 0 aromatic heterocycles. The number of carbonyl (C=O) groups is 1. The molecule has 0 unspecified atom stereocenters. The van der Waals surface area contributed by atoms with Crippen LogP contribution in [0.4, 0.5) is 0 Å².